The Balaban J connectivity index is 1.99. The van der Waals surface area contributed by atoms with Crippen molar-refractivity contribution in [3.8, 4) is 0 Å². The first kappa shape index (κ1) is 11.4. The third-order valence-electron chi connectivity index (χ3n) is 3.79. The largest absolute Gasteiger partial charge is 0.352 e. The summed E-state index contributed by atoms with van der Waals surface area (Å²) in [5.74, 6) is 2.34. The molecule has 2 N–H and O–H groups in total. The highest BCUT2D eigenvalue weighted by atomic mass is 15.3. The predicted octanol–water partition coefficient (Wildman–Crippen LogP) is 0.606. The van der Waals surface area contributed by atoms with Crippen molar-refractivity contribution in [2.75, 3.05) is 18.0 Å². The molecule has 2 aromatic rings. The number of aromatic nitrogens is 4. The molecule has 96 valence electrons. The lowest BCUT2D eigenvalue weighted by Crippen LogP contribution is -2.48. The molecule has 6 nitrogen and oxygen atoms in total. The number of nitrogens with two attached hydrogens (primary N) is 1. The Hall–Kier alpha value is -1.69. The van der Waals surface area contributed by atoms with Gasteiger partial charge in [-0.1, -0.05) is 6.92 Å². The minimum Gasteiger partial charge on any atom is -0.352 e. The summed E-state index contributed by atoms with van der Waals surface area (Å²) in [5.41, 5.74) is 6.96. The number of hydrogen-bond donors (Lipinski definition) is 1. The zero-order valence-corrected chi connectivity index (χ0v) is 10.7. The molecule has 0 amide bonds. The molecule has 2 atom stereocenters. The Labute approximate surface area is 106 Å². The molecule has 0 spiro atoms. The van der Waals surface area contributed by atoms with E-state index < -0.39 is 0 Å². The molecular formula is C12H18N6. The minimum absolute atomic E-state index is 0.199. The van der Waals surface area contributed by atoms with E-state index in [0.717, 1.165) is 36.8 Å². The molecule has 1 aliphatic heterocycles. The van der Waals surface area contributed by atoms with E-state index in [1.54, 1.807) is 6.20 Å². The molecule has 0 saturated carbocycles. The van der Waals surface area contributed by atoms with Crippen LogP contribution in [0, 0.1) is 12.8 Å². The monoisotopic (exact) mass is 246 g/mol. The average molecular weight is 246 g/mol. The first-order valence-electron chi connectivity index (χ1n) is 6.33. The molecule has 1 fully saturated rings. The molecule has 6 heteroatoms. The van der Waals surface area contributed by atoms with Gasteiger partial charge in [-0.25, -0.2) is 4.98 Å². The third-order valence-corrected chi connectivity index (χ3v) is 3.79. The Morgan fingerprint density at radius 1 is 1.39 bits per heavy atom. The SMILES string of the molecule is Cc1nnc2c(N3CCC(C)C(N)C3)nccn12. The molecule has 1 saturated heterocycles. The highest BCUT2D eigenvalue weighted by molar-refractivity contribution is 5.64. The van der Waals surface area contributed by atoms with Crippen molar-refractivity contribution in [3.63, 3.8) is 0 Å². The average Bonchev–Trinajstić information content (AvgIpc) is 2.75. The Morgan fingerprint density at radius 3 is 3.00 bits per heavy atom. The van der Waals surface area contributed by atoms with Crippen molar-refractivity contribution >= 4 is 11.5 Å². The van der Waals surface area contributed by atoms with Crippen LogP contribution >= 0.6 is 0 Å². The number of nitrogens with zero attached hydrogens (tertiary/aromatic N) is 5. The van der Waals surface area contributed by atoms with Gasteiger partial charge >= 0.3 is 0 Å². The summed E-state index contributed by atoms with van der Waals surface area (Å²) >= 11 is 0. The number of fused-ring (bicyclic) bond motifs is 1. The maximum absolute atomic E-state index is 6.14. The first-order chi connectivity index (χ1) is 8.66. The summed E-state index contributed by atoms with van der Waals surface area (Å²) in [6.07, 6.45) is 4.78. The van der Waals surface area contributed by atoms with E-state index in [1.165, 1.54) is 0 Å². The topological polar surface area (TPSA) is 72.3 Å². The van der Waals surface area contributed by atoms with Crippen LogP contribution in [0.15, 0.2) is 12.4 Å². The van der Waals surface area contributed by atoms with E-state index in [2.05, 4.69) is 27.0 Å². The lowest BCUT2D eigenvalue weighted by molar-refractivity contribution is 0.378. The van der Waals surface area contributed by atoms with E-state index in [9.17, 15) is 0 Å². The number of hydrogen-bond acceptors (Lipinski definition) is 5. The fourth-order valence-electron chi connectivity index (χ4n) is 2.44. The number of anilines is 1. The second-order valence-corrected chi connectivity index (χ2v) is 5.07. The van der Waals surface area contributed by atoms with Crippen LogP contribution in [-0.4, -0.2) is 38.7 Å². The molecule has 1 aliphatic rings. The van der Waals surface area contributed by atoms with Crippen molar-refractivity contribution < 1.29 is 0 Å². The van der Waals surface area contributed by atoms with Gasteiger partial charge in [0.15, 0.2) is 5.82 Å². The Morgan fingerprint density at radius 2 is 2.22 bits per heavy atom. The van der Waals surface area contributed by atoms with Crippen molar-refractivity contribution in [1.29, 1.82) is 0 Å². The van der Waals surface area contributed by atoms with Crippen LogP contribution in [0.5, 0.6) is 0 Å². The van der Waals surface area contributed by atoms with Gasteiger partial charge in [-0.05, 0) is 19.3 Å². The predicted molar refractivity (Wildman–Crippen MR) is 69.5 cm³/mol. The van der Waals surface area contributed by atoms with Gasteiger partial charge in [-0.3, -0.25) is 4.40 Å². The second-order valence-electron chi connectivity index (χ2n) is 5.07. The lowest BCUT2D eigenvalue weighted by Gasteiger charge is -2.35. The van der Waals surface area contributed by atoms with Crippen molar-refractivity contribution in [3.05, 3.63) is 18.2 Å². The minimum atomic E-state index is 0.199. The highest BCUT2D eigenvalue weighted by Crippen LogP contribution is 2.23. The van der Waals surface area contributed by atoms with Crippen LogP contribution in [0.1, 0.15) is 19.2 Å². The van der Waals surface area contributed by atoms with Crippen LogP contribution in [0.2, 0.25) is 0 Å². The third kappa shape index (κ3) is 1.73. The maximum Gasteiger partial charge on any atom is 0.203 e. The van der Waals surface area contributed by atoms with Crippen LogP contribution in [0.25, 0.3) is 5.65 Å². The summed E-state index contributed by atoms with van der Waals surface area (Å²) in [5, 5.41) is 8.31. The maximum atomic E-state index is 6.14. The van der Waals surface area contributed by atoms with E-state index in [1.807, 2.05) is 17.5 Å². The van der Waals surface area contributed by atoms with Crippen molar-refractivity contribution in [2.24, 2.45) is 11.7 Å². The van der Waals surface area contributed by atoms with Gasteiger partial charge in [0.25, 0.3) is 0 Å². The zero-order chi connectivity index (χ0) is 12.7. The lowest BCUT2D eigenvalue weighted by atomic mass is 9.94. The quantitative estimate of drug-likeness (QED) is 0.798. The van der Waals surface area contributed by atoms with E-state index >= 15 is 0 Å². The molecule has 0 aromatic carbocycles. The summed E-state index contributed by atoms with van der Waals surface area (Å²) in [6, 6.07) is 0.199. The summed E-state index contributed by atoms with van der Waals surface area (Å²) in [4.78, 5) is 6.67. The molecule has 2 unspecified atom stereocenters. The van der Waals surface area contributed by atoms with Crippen LogP contribution in [0.3, 0.4) is 0 Å². The van der Waals surface area contributed by atoms with Gasteiger partial charge in [0.1, 0.15) is 5.82 Å². The van der Waals surface area contributed by atoms with Gasteiger partial charge in [0, 0.05) is 31.5 Å². The summed E-state index contributed by atoms with van der Waals surface area (Å²) < 4.78 is 1.96. The van der Waals surface area contributed by atoms with Crippen LogP contribution in [0.4, 0.5) is 5.82 Å². The fourth-order valence-corrected chi connectivity index (χ4v) is 2.44. The molecule has 18 heavy (non-hydrogen) atoms. The fraction of sp³-hybridized carbons (Fsp3) is 0.583. The molecule has 2 aromatic heterocycles. The molecule has 0 radical (unpaired) electrons. The van der Waals surface area contributed by atoms with E-state index in [4.69, 9.17) is 5.73 Å². The molecule has 3 rings (SSSR count). The molecular weight excluding hydrogens is 228 g/mol. The molecule has 0 aliphatic carbocycles. The van der Waals surface area contributed by atoms with Crippen LogP contribution < -0.4 is 10.6 Å². The Kier molecular flexibility index (Phi) is 2.66. The normalized spacial score (nSPS) is 24.7. The smallest absolute Gasteiger partial charge is 0.203 e. The van der Waals surface area contributed by atoms with Gasteiger partial charge in [0.2, 0.25) is 5.65 Å². The number of aryl methyl sites for hydroxylation is 1. The van der Waals surface area contributed by atoms with Gasteiger partial charge in [-0.2, -0.15) is 0 Å². The van der Waals surface area contributed by atoms with Crippen molar-refractivity contribution in [1.82, 2.24) is 19.6 Å². The molecule has 3 heterocycles. The zero-order valence-electron chi connectivity index (χ0n) is 10.7. The Bertz CT molecular complexity index is 563. The van der Waals surface area contributed by atoms with Gasteiger partial charge in [0.05, 0.1) is 0 Å². The number of rotatable bonds is 1. The second kappa shape index (κ2) is 4.20. The molecule has 0 bridgehead atoms. The highest BCUT2D eigenvalue weighted by Gasteiger charge is 2.25. The standard InChI is InChI=1S/C12H18N6/c1-8-3-5-17(7-10(8)13)11-12-16-15-9(2)18(12)6-4-14-11/h4,6,8,10H,3,5,7,13H2,1-2H3. The number of piperidine rings is 1. The van der Waals surface area contributed by atoms with Crippen LogP contribution in [-0.2, 0) is 0 Å². The van der Waals surface area contributed by atoms with E-state index in [0.29, 0.717) is 5.92 Å². The summed E-state index contributed by atoms with van der Waals surface area (Å²) in [7, 11) is 0. The van der Waals surface area contributed by atoms with Gasteiger partial charge < -0.3 is 10.6 Å². The van der Waals surface area contributed by atoms with Gasteiger partial charge in [-0.15, -0.1) is 10.2 Å². The summed E-state index contributed by atoms with van der Waals surface area (Å²) in [6.45, 7) is 5.96. The van der Waals surface area contributed by atoms with E-state index in [-0.39, 0.29) is 6.04 Å². The van der Waals surface area contributed by atoms with Crippen molar-refractivity contribution in [2.45, 2.75) is 26.3 Å². The first-order valence-corrected chi connectivity index (χ1v) is 6.33.